The van der Waals surface area contributed by atoms with E-state index in [0.717, 1.165) is 50.3 Å². The maximum absolute atomic E-state index is 6.08. The van der Waals surface area contributed by atoms with Gasteiger partial charge in [-0.1, -0.05) is 115 Å². The largest absolute Gasteiger partial charge is 0.456 e. The second-order valence-corrected chi connectivity index (χ2v) is 13.0. The average molecular weight is 653 g/mol. The summed E-state index contributed by atoms with van der Waals surface area (Å²) in [7, 11) is 0. The first-order valence-electron chi connectivity index (χ1n) is 17.3. The van der Waals surface area contributed by atoms with E-state index in [-0.39, 0.29) is 0 Å². The minimum atomic E-state index is 0.911. The zero-order valence-electron chi connectivity index (χ0n) is 27.8. The molecule has 3 nitrogen and oxygen atoms in total. The molecule has 0 aliphatic carbocycles. The number of furan rings is 1. The van der Waals surface area contributed by atoms with Gasteiger partial charge in [0.05, 0.1) is 11.0 Å². The van der Waals surface area contributed by atoms with Gasteiger partial charge in [0.15, 0.2) is 0 Å². The summed E-state index contributed by atoms with van der Waals surface area (Å²) >= 11 is 0. The third-order valence-electron chi connectivity index (χ3n) is 10.00. The van der Waals surface area contributed by atoms with Crippen LogP contribution in [-0.4, -0.2) is 4.57 Å². The highest BCUT2D eigenvalue weighted by atomic mass is 16.3. The molecule has 0 N–H and O–H groups in total. The van der Waals surface area contributed by atoms with Gasteiger partial charge >= 0.3 is 0 Å². The molecule has 51 heavy (non-hydrogen) atoms. The summed E-state index contributed by atoms with van der Waals surface area (Å²) in [6.07, 6.45) is 0. The van der Waals surface area contributed by atoms with Crippen molar-refractivity contribution in [1.29, 1.82) is 0 Å². The number of rotatable bonds is 6. The van der Waals surface area contributed by atoms with Crippen LogP contribution in [-0.2, 0) is 0 Å². The van der Waals surface area contributed by atoms with E-state index in [9.17, 15) is 0 Å². The van der Waals surface area contributed by atoms with Gasteiger partial charge in [-0.25, -0.2) is 0 Å². The first-order valence-corrected chi connectivity index (χ1v) is 17.3. The molecule has 0 fully saturated rings. The van der Waals surface area contributed by atoms with Crippen molar-refractivity contribution in [3.05, 3.63) is 194 Å². The highest BCUT2D eigenvalue weighted by Crippen LogP contribution is 2.39. The van der Waals surface area contributed by atoms with Gasteiger partial charge in [-0.05, 0) is 101 Å². The van der Waals surface area contributed by atoms with Crippen LogP contribution in [0.3, 0.4) is 0 Å². The summed E-state index contributed by atoms with van der Waals surface area (Å²) < 4.78 is 8.45. The third kappa shape index (κ3) is 4.98. The zero-order valence-corrected chi connectivity index (χ0v) is 27.8. The zero-order chi connectivity index (χ0) is 33.7. The van der Waals surface area contributed by atoms with Crippen molar-refractivity contribution in [2.75, 3.05) is 4.90 Å². The van der Waals surface area contributed by atoms with E-state index < -0.39 is 0 Å². The predicted octanol–water partition coefficient (Wildman–Crippen LogP) is 13.5. The van der Waals surface area contributed by atoms with Crippen molar-refractivity contribution < 1.29 is 4.42 Å². The van der Waals surface area contributed by atoms with Crippen LogP contribution in [0.4, 0.5) is 17.1 Å². The summed E-state index contributed by atoms with van der Waals surface area (Å²) in [5.74, 6) is 0. The van der Waals surface area contributed by atoms with Crippen LogP contribution in [0.2, 0.25) is 0 Å². The first-order chi connectivity index (χ1) is 25.3. The van der Waals surface area contributed by atoms with Crippen molar-refractivity contribution in [3.8, 4) is 27.9 Å². The number of anilines is 3. The number of benzene rings is 8. The van der Waals surface area contributed by atoms with Crippen LogP contribution >= 0.6 is 0 Å². The Morgan fingerprint density at radius 1 is 0.333 bits per heavy atom. The van der Waals surface area contributed by atoms with E-state index >= 15 is 0 Å². The van der Waals surface area contributed by atoms with E-state index in [1.54, 1.807) is 0 Å². The summed E-state index contributed by atoms with van der Waals surface area (Å²) in [4.78, 5) is 2.32. The number of para-hydroxylation sites is 4. The summed E-state index contributed by atoms with van der Waals surface area (Å²) in [6, 6.07) is 69.2. The SMILES string of the molecule is c1ccc(N(c2ccc(-c3ccc4oc5ccccc5c4c3)cc2)c2ccc(-c3ccc4c5ccccc5n(-c5ccccc5)c4c3)cc2)cc1. The van der Waals surface area contributed by atoms with Crippen molar-refractivity contribution in [2.24, 2.45) is 0 Å². The van der Waals surface area contributed by atoms with Crippen LogP contribution in [0.5, 0.6) is 0 Å². The van der Waals surface area contributed by atoms with Crippen LogP contribution in [0.15, 0.2) is 199 Å². The standard InChI is InChI=1S/C48H32N2O/c1-3-11-37(12-4-1)49(39-25-19-33(20-26-39)35-24-30-48-44(31-35)43-16-8-10-18-47(43)51-48)40-27-21-34(22-28-40)36-23-29-42-41-15-7-9-17-45(41)50(46(42)32-36)38-13-5-2-6-14-38/h1-32H. The molecule has 3 heteroatoms. The number of hydrogen-bond donors (Lipinski definition) is 0. The molecule has 0 spiro atoms. The van der Waals surface area contributed by atoms with Gasteiger partial charge in [0.25, 0.3) is 0 Å². The molecule has 0 saturated heterocycles. The molecule has 0 atom stereocenters. The molecule has 0 unspecified atom stereocenters. The lowest BCUT2D eigenvalue weighted by atomic mass is 10.0. The number of aromatic nitrogens is 1. The van der Waals surface area contributed by atoms with Crippen LogP contribution in [0.1, 0.15) is 0 Å². The van der Waals surface area contributed by atoms with Gasteiger partial charge in [-0.2, -0.15) is 0 Å². The maximum Gasteiger partial charge on any atom is 0.135 e. The lowest BCUT2D eigenvalue weighted by molar-refractivity contribution is 0.669. The summed E-state index contributed by atoms with van der Waals surface area (Å²) in [6.45, 7) is 0. The molecule has 10 rings (SSSR count). The molecular formula is C48H32N2O. The Bertz CT molecular complexity index is 2830. The third-order valence-corrected chi connectivity index (χ3v) is 10.00. The van der Waals surface area contributed by atoms with Crippen molar-refractivity contribution >= 4 is 60.8 Å². The molecule has 0 amide bonds. The molecule has 8 aromatic carbocycles. The fraction of sp³-hybridized carbons (Fsp3) is 0. The lowest BCUT2D eigenvalue weighted by Gasteiger charge is -2.26. The van der Waals surface area contributed by atoms with E-state index in [1.807, 2.05) is 12.1 Å². The quantitative estimate of drug-likeness (QED) is 0.178. The van der Waals surface area contributed by atoms with Gasteiger partial charge < -0.3 is 13.9 Å². The normalized spacial score (nSPS) is 11.5. The van der Waals surface area contributed by atoms with Gasteiger partial charge in [0.2, 0.25) is 0 Å². The maximum atomic E-state index is 6.08. The Hall–Kier alpha value is -6.84. The van der Waals surface area contributed by atoms with E-state index in [2.05, 4.69) is 191 Å². The minimum absolute atomic E-state index is 0.911. The van der Waals surface area contributed by atoms with Crippen LogP contribution in [0, 0.1) is 0 Å². The fourth-order valence-corrected chi connectivity index (χ4v) is 7.54. The lowest BCUT2D eigenvalue weighted by Crippen LogP contribution is -2.09. The Kier molecular flexibility index (Phi) is 6.81. The Labute approximate surface area is 295 Å². The second-order valence-electron chi connectivity index (χ2n) is 13.0. The van der Waals surface area contributed by atoms with E-state index in [1.165, 1.54) is 38.5 Å². The molecule has 0 aliphatic rings. The van der Waals surface area contributed by atoms with Crippen LogP contribution < -0.4 is 4.90 Å². The Balaban J connectivity index is 1.02. The summed E-state index contributed by atoms with van der Waals surface area (Å²) in [5, 5.41) is 4.80. The minimum Gasteiger partial charge on any atom is -0.456 e. The summed E-state index contributed by atoms with van der Waals surface area (Å²) in [5.41, 5.74) is 13.4. The predicted molar refractivity (Wildman–Crippen MR) is 214 cm³/mol. The molecule has 0 saturated carbocycles. The van der Waals surface area contributed by atoms with Gasteiger partial charge in [-0.15, -0.1) is 0 Å². The number of nitrogens with zero attached hydrogens (tertiary/aromatic N) is 2. The smallest absolute Gasteiger partial charge is 0.135 e. The Morgan fingerprint density at radius 2 is 0.843 bits per heavy atom. The average Bonchev–Trinajstić information content (AvgIpc) is 3.74. The van der Waals surface area contributed by atoms with Crippen molar-refractivity contribution in [1.82, 2.24) is 4.57 Å². The van der Waals surface area contributed by atoms with Gasteiger partial charge in [0.1, 0.15) is 11.2 Å². The number of hydrogen-bond acceptors (Lipinski definition) is 2. The topological polar surface area (TPSA) is 21.3 Å². The molecule has 0 bridgehead atoms. The van der Waals surface area contributed by atoms with Crippen LogP contribution in [0.25, 0.3) is 71.7 Å². The molecule has 2 aromatic heterocycles. The van der Waals surface area contributed by atoms with Gasteiger partial charge in [0, 0.05) is 44.3 Å². The molecule has 0 aliphatic heterocycles. The van der Waals surface area contributed by atoms with E-state index in [0.29, 0.717) is 0 Å². The number of fused-ring (bicyclic) bond motifs is 6. The van der Waals surface area contributed by atoms with Crippen molar-refractivity contribution in [3.63, 3.8) is 0 Å². The molecule has 240 valence electrons. The highest BCUT2D eigenvalue weighted by molar-refractivity contribution is 6.10. The van der Waals surface area contributed by atoms with Crippen molar-refractivity contribution in [2.45, 2.75) is 0 Å². The molecule has 0 radical (unpaired) electrons. The second kappa shape index (κ2) is 11.9. The molecule has 10 aromatic rings. The molecular weight excluding hydrogens is 621 g/mol. The van der Waals surface area contributed by atoms with E-state index in [4.69, 9.17) is 4.42 Å². The molecule has 2 heterocycles. The fourth-order valence-electron chi connectivity index (χ4n) is 7.54. The first kappa shape index (κ1) is 29.1. The Morgan fingerprint density at radius 3 is 1.57 bits per heavy atom. The monoisotopic (exact) mass is 652 g/mol. The van der Waals surface area contributed by atoms with Gasteiger partial charge in [-0.3, -0.25) is 0 Å². The highest BCUT2D eigenvalue weighted by Gasteiger charge is 2.16.